The molecule has 3 N–H and O–H groups in total. The number of cyclic esters (lactones) is 1. The number of carbonyl (C=O) groups is 1. The Morgan fingerprint density at radius 2 is 2.10 bits per heavy atom. The number of nitrogens with two attached hydrogens (primary N) is 1. The van der Waals surface area contributed by atoms with Crippen LogP contribution >= 0.6 is 11.6 Å². The number of halogens is 2. The van der Waals surface area contributed by atoms with Crippen molar-refractivity contribution in [3.05, 3.63) is 61.6 Å². The highest BCUT2D eigenvalue weighted by atomic mass is 35.5. The van der Waals surface area contributed by atoms with Gasteiger partial charge >= 0.3 is 5.97 Å². The van der Waals surface area contributed by atoms with Crippen LogP contribution in [0.25, 0.3) is 22.3 Å². The fourth-order valence-corrected chi connectivity index (χ4v) is 4.79. The summed E-state index contributed by atoms with van der Waals surface area (Å²) in [6.07, 6.45) is 0.0501. The summed E-state index contributed by atoms with van der Waals surface area (Å²) in [5.74, 6) is -1.40. The van der Waals surface area contributed by atoms with Crippen molar-refractivity contribution in [2.45, 2.75) is 45.1 Å². The molecule has 160 valence electrons. The maximum atomic E-state index is 14.2. The Balaban J connectivity index is 1.86. The summed E-state index contributed by atoms with van der Waals surface area (Å²) >= 11 is 6.00. The first-order chi connectivity index (χ1) is 14.7. The number of benzene rings is 1. The average Bonchev–Trinajstić information content (AvgIpc) is 3.08. The Morgan fingerprint density at radius 3 is 2.77 bits per heavy atom. The third kappa shape index (κ3) is 2.62. The molecule has 9 heteroatoms. The standard InChI is InChI=1S/C22H19ClFN3O4/c1-3-22(30)13-5-17-19-11(7-27(17)20(28)12(13)8-31-21(22)29)18(9(2)25)10-4-14(23)15(24)6-16(10)26-19/h4-6,9,30H,3,7-8,25H2,1-2H3/t9-,22-/m0/s1. The molecule has 0 aliphatic carbocycles. The van der Waals surface area contributed by atoms with Crippen LogP contribution in [-0.4, -0.2) is 20.6 Å². The number of nitrogens with zero attached hydrogens (tertiary/aromatic N) is 2. The second kappa shape index (κ2) is 6.59. The lowest BCUT2D eigenvalue weighted by molar-refractivity contribution is -0.172. The fraction of sp³-hybridized carbons (Fsp3) is 0.318. The zero-order valence-electron chi connectivity index (χ0n) is 16.8. The number of hydrogen-bond donors (Lipinski definition) is 2. The van der Waals surface area contributed by atoms with Gasteiger partial charge in [0.1, 0.15) is 12.4 Å². The lowest BCUT2D eigenvalue weighted by Gasteiger charge is -2.31. The van der Waals surface area contributed by atoms with E-state index in [1.807, 2.05) is 0 Å². The van der Waals surface area contributed by atoms with Gasteiger partial charge in [-0.1, -0.05) is 18.5 Å². The van der Waals surface area contributed by atoms with E-state index in [4.69, 9.17) is 22.1 Å². The predicted octanol–water partition coefficient (Wildman–Crippen LogP) is 2.89. The monoisotopic (exact) mass is 443 g/mol. The van der Waals surface area contributed by atoms with E-state index in [2.05, 4.69) is 4.98 Å². The minimum atomic E-state index is -1.91. The summed E-state index contributed by atoms with van der Waals surface area (Å²) in [4.78, 5) is 30.2. The van der Waals surface area contributed by atoms with E-state index >= 15 is 0 Å². The van der Waals surface area contributed by atoms with Crippen molar-refractivity contribution in [1.29, 1.82) is 0 Å². The maximum Gasteiger partial charge on any atom is 0.343 e. The molecule has 7 nitrogen and oxygen atoms in total. The molecule has 3 aromatic rings. The van der Waals surface area contributed by atoms with Crippen molar-refractivity contribution in [2.75, 3.05) is 0 Å². The molecule has 2 aliphatic rings. The molecule has 0 spiro atoms. The summed E-state index contributed by atoms with van der Waals surface area (Å²) in [5, 5.41) is 11.5. The predicted molar refractivity (Wildman–Crippen MR) is 112 cm³/mol. The van der Waals surface area contributed by atoms with Crippen molar-refractivity contribution in [3.63, 3.8) is 0 Å². The Hall–Kier alpha value is -2.81. The van der Waals surface area contributed by atoms with Crippen LogP contribution in [0.5, 0.6) is 0 Å². The van der Waals surface area contributed by atoms with Crippen molar-refractivity contribution < 1.29 is 19.0 Å². The molecule has 31 heavy (non-hydrogen) atoms. The molecule has 0 saturated heterocycles. The molecule has 5 rings (SSSR count). The molecule has 0 unspecified atom stereocenters. The summed E-state index contributed by atoms with van der Waals surface area (Å²) < 4.78 is 20.8. The Kier molecular flexibility index (Phi) is 4.28. The van der Waals surface area contributed by atoms with Crippen LogP contribution in [0.2, 0.25) is 5.02 Å². The zero-order chi connectivity index (χ0) is 22.2. The number of rotatable bonds is 2. The molecular weight excluding hydrogens is 425 g/mol. The van der Waals surface area contributed by atoms with E-state index < -0.39 is 23.4 Å². The number of aromatic nitrogens is 2. The van der Waals surface area contributed by atoms with Crippen LogP contribution < -0.4 is 11.3 Å². The Morgan fingerprint density at radius 1 is 1.35 bits per heavy atom. The van der Waals surface area contributed by atoms with Gasteiger partial charge in [-0.15, -0.1) is 0 Å². The van der Waals surface area contributed by atoms with Crippen molar-refractivity contribution in [3.8, 4) is 11.4 Å². The average molecular weight is 444 g/mol. The van der Waals surface area contributed by atoms with E-state index in [1.54, 1.807) is 19.9 Å². The second-order valence-corrected chi connectivity index (χ2v) is 8.44. The van der Waals surface area contributed by atoms with Gasteiger partial charge in [-0.25, -0.2) is 14.2 Å². The fourth-order valence-electron chi connectivity index (χ4n) is 4.63. The number of esters is 1. The van der Waals surface area contributed by atoms with Crippen LogP contribution in [0.4, 0.5) is 4.39 Å². The Labute approximate surface area is 181 Å². The van der Waals surface area contributed by atoms with Crippen LogP contribution in [0.15, 0.2) is 23.0 Å². The molecule has 0 saturated carbocycles. The lowest BCUT2D eigenvalue weighted by atomic mass is 9.86. The topological polar surface area (TPSA) is 107 Å². The molecule has 0 fully saturated rings. The SMILES string of the molecule is CC[C@@]1(O)C(=O)OCc2c1cc1n(c2=O)Cc2c-1nc1cc(F)c(Cl)cc1c2[C@H](C)N. The highest BCUT2D eigenvalue weighted by Crippen LogP contribution is 2.41. The quantitative estimate of drug-likeness (QED) is 0.461. The molecule has 0 amide bonds. The number of aliphatic hydroxyl groups is 1. The largest absolute Gasteiger partial charge is 0.458 e. The molecule has 0 bridgehead atoms. The van der Waals surface area contributed by atoms with Gasteiger partial charge in [-0.2, -0.15) is 0 Å². The zero-order valence-corrected chi connectivity index (χ0v) is 17.6. The second-order valence-electron chi connectivity index (χ2n) is 8.03. The third-order valence-electron chi connectivity index (χ3n) is 6.23. The molecule has 2 aliphatic heterocycles. The van der Waals surface area contributed by atoms with Crippen molar-refractivity contribution >= 4 is 28.5 Å². The number of ether oxygens (including phenoxy) is 1. The molecule has 2 atom stereocenters. The first-order valence-corrected chi connectivity index (χ1v) is 10.3. The molecule has 2 aromatic heterocycles. The van der Waals surface area contributed by atoms with Crippen LogP contribution in [0.1, 0.15) is 48.6 Å². The van der Waals surface area contributed by atoms with E-state index in [1.165, 1.54) is 16.7 Å². The van der Waals surface area contributed by atoms with E-state index in [-0.39, 0.29) is 41.3 Å². The van der Waals surface area contributed by atoms with Gasteiger partial charge in [0, 0.05) is 28.6 Å². The highest BCUT2D eigenvalue weighted by molar-refractivity contribution is 6.31. The summed E-state index contributed by atoms with van der Waals surface area (Å²) in [7, 11) is 0. The van der Waals surface area contributed by atoms with Crippen LogP contribution in [0.3, 0.4) is 0 Å². The van der Waals surface area contributed by atoms with Gasteiger partial charge in [-0.3, -0.25) is 4.79 Å². The first-order valence-electron chi connectivity index (χ1n) is 9.91. The van der Waals surface area contributed by atoms with Crippen LogP contribution in [-0.2, 0) is 28.3 Å². The van der Waals surface area contributed by atoms with Crippen molar-refractivity contribution in [2.24, 2.45) is 5.73 Å². The summed E-state index contributed by atoms with van der Waals surface area (Å²) in [6, 6.07) is 3.92. The normalized spacial score (nSPS) is 20.3. The minimum absolute atomic E-state index is 0.0389. The highest BCUT2D eigenvalue weighted by Gasteiger charge is 2.45. The van der Waals surface area contributed by atoms with E-state index in [9.17, 15) is 19.1 Å². The molecule has 1 aromatic carbocycles. The lowest BCUT2D eigenvalue weighted by Crippen LogP contribution is -2.44. The van der Waals surface area contributed by atoms with E-state index in [0.29, 0.717) is 22.3 Å². The summed E-state index contributed by atoms with van der Waals surface area (Å²) in [6.45, 7) is 3.44. The third-order valence-corrected chi connectivity index (χ3v) is 6.52. The van der Waals surface area contributed by atoms with Gasteiger partial charge in [0.25, 0.3) is 5.56 Å². The number of fused-ring (bicyclic) bond motifs is 5. The molecule has 0 radical (unpaired) electrons. The van der Waals surface area contributed by atoms with E-state index in [0.717, 1.165) is 11.1 Å². The van der Waals surface area contributed by atoms with Gasteiger partial charge in [0.05, 0.1) is 34.0 Å². The molecule has 4 heterocycles. The van der Waals surface area contributed by atoms with Crippen LogP contribution in [0, 0.1) is 5.82 Å². The first kappa shape index (κ1) is 20.1. The molecular formula is C22H19ClFN3O4. The number of pyridine rings is 2. The van der Waals surface area contributed by atoms with Crippen molar-refractivity contribution in [1.82, 2.24) is 9.55 Å². The minimum Gasteiger partial charge on any atom is -0.458 e. The van der Waals surface area contributed by atoms with Gasteiger partial charge in [0.15, 0.2) is 5.60 Å². The van der Waals surface area contributed by atoms with Gasteiger partial charge in [0.2, 0.25) is 0 Å². The summed E-state index contributed by atoms with van der Waals surface area (Å²) in [5.41, 5.74) is 7.18. The maximum absolute atomic E-state index is 14.2. The Bertz CT molecular complexity index is 1370. The number of hydrogen-bond acceptors (Lipinski definition) is 6. The van der Waals surface area contributed by atoms with Gasteiger partial charge < -0.3 is 20.1 Å². The smallest absolute Gasteiger partial charge is 0.343 e. The van der Waals surface area contributed by atoms with Gasteiger partial charge in [-0.05, 0) is 31.0 Å². The number of carbonyl (C=O) groups excluding carboxylic acids is 1.